The molecular formula is C15H25NO2. The normalized spacial score (nSPS) is 14.4. The Labute approximate surface area is 110 Å². The van der Waals surface area contributed by atoms with Gasteiger partial charge in [-0.15, -0.1) is 0 Å². The fraction of sp³-hybridized carbons (Fsp3) is 0.600. The monoisotopic (exact) mass is 251 g/mol. The molecule has 102 valence electrons. The Morgan fingerprint density at radius 2 is 1.94 bits per heavy atom. The maximum absolute atomic E-state index is 10.1. The van der Waals surface area contributed by atoms with Crippen LogP contribution in [0.25, 0.3) is 0 Å². The lowest BCUT2D eigenvalue weighted by atomic mass is 10.0. The van der Waals surface area contributed by atoms with Crippen LogP contribution in [-0.2, 0) is 17.7 Å². The van der Waals surface area contributed by atoms with Crippen LogP contribution in [0.2, 0.25) is 0 Å². The van der Waals surface area contributed by atoms with Crippen LogP contribution in [-0.4, -0.2) is 31.0 Å². The van der Waals surface area contributed by atoms with Crippen molar-refractivity contribution < 1.29 is 9.84 Å². The van der Waals surface area contributed by atoms with Crippen LogP contribution in [0.4, 0.5) is 0 Å². The Morgan fingerprint density at radius 1 is 1.28 bits per heavy atom. The number of rotatable bonds is 8. The molecule has 0 bridgehead atoms. The Morgan fingerprint density at radius 3 is 2.56 bits per heavy atom. The van der Waals surface area contributed by atoms with Crippen LogP contribution in [0.3, 0.4) is 0 Å². The molecule has 0 aromatic heterocycles. The van der Waals surface area contributed by atoms with Gasteiger partial charge in [0.25, 0.3) is 0 Å². The lowest BCUT2D eigenvalue weighted by molar-refractivity contribution is 0.0247. The Kier molecular flexibility index (Phi) is 6.33. The van der Waals surface area contributed by atoms with Crippen LogP contribution in [0, 0.1) is 0 Å². The number of benzene rings is 1. The van der Waals surface area contributed by atoms with Crippen LogP contribution in [0.1, 0.15) is 31.4 Å². The van der Waals surface area contributed by atoms with Crippen molar-refractivity contribution in [3.63, 3.8) is 0 Å². The summed E-state index contributed by atoms with van der Waals surface area (Å²) >= 11 is 0. The van der Waals surface area contributed by atoms with E-state index in [0.717, 1.165) is 13.0 Å². The highest BCUT2D eigenvalue weighted by Crippen LogP contribution is 2.11. The Balaban J connectivity index is 2.41. The molecule has 18 heavy (non-hydrogen) atoms. The minimum Gasteiger partial charge on any atom is -0.389 e. The molecule has 0 heterocycles. The van der Waals surface area contributed by atoms with E-state index in [1.807, 2.05) is 6.92 Å². The Bertz CT molecular complexity index is 350. The number of ether oxygens (including phenoxy) is 1. The molecule has 3 nitrogen and oxygen atoms in total. The summed E-state index contributed by atoms with van der Waals surface area (Å²) in [6, 6.07) is 8.41. The molecule has 0 saturated carbocycles. The molecule has 0 aliphatic rings. The van der Waals surface area contributed by atoms with E-state index in [-0.39, 0.29) is 0 Å². The zero-order valence-corrected chi connectivity index (χ0v) is 11.7. The molecule has 2 N–H and O–H groups in total. The SMILES string of the molecule is CCc1ccccc1CNCC(C)(O)CCOC. The first-order chi connectivity index (χ1) is 8.59. The molecule has 1 atom stereocenters. The van der Waals surface area contributed by atoms with Crippen LogP contribution >= 0.6 is 0 Å². The van der Waals surface area contributed by atoms with E-state index >= 15 is 0 Å². The molecule has 0 spiro atoms. The van der Waals surface area contributed by atoms with Gasteiger partial charge in [0.2, 0.25) is 0 Å². The smallest absolute Gasteiger partial charge is 0.0765 e. The van der Waals surface area contributed by atoms with E-state index in [2.05, 4.69) is 36.5 Å². The van der Waals surface area contributed by atoms with Gasteiger partial charge in [-0.1, -0.05) is 31.2 Å². The van der Waals surface area contributed by atoms with Crippen molar-refractivity contribution in [2.24, 2.45) is 0 Å². The summed E-state index contributed by atoms with van der Waals surface area (Å²) in [5.74, 6) is 0. The van der Waals surface area contributed by atoms with Crippen molar-refractivity contribution in [3.8, 4) is 0 Å². The highest BCUT2D eigenvalue weighted by atomic mass is 16.5. The van der Waals surface area contributed by atoms with Crippen molar-refractivity contribution in [2.75, 3.05) is 20.3 Å². The first-order valence-corrected chi connectivity index (χ1v) is 6.58. The maximum atomic E-state index is 10.1. The minimum atomic E-state index is -0.711. The maximum Gasteiger partial charge on any atom is 0.0765 e. The number of aryl methyl sites for hydroxylation is 1. The third-order valence-electron chi connectivity index (χ3n) is 3.17. The third kappa shape index (κ3) is 5.17. The van der Waals surface area contributed by atoms with E-state index in [4.69, 9.17) is 4.74 Å². The molecule has 1 aromatic carbocycles. The summed E-state index contributed by atoms with van der Waals surface area (Å²) in [7, 11) is 1.65. The van der Waals surface area contributed by atoms with Crippen LogP contribution < -0.4 is 5.32 Å². The average Bonchev–Trinajstić information content (AvgIpc) is 2.37. The van der Waals surface area contributed by atoms with E-state index in [1.54, 1.807) is 7.11 Å². The van der Waals surface area contributed by atoms with Gasteiger partial charge in [-0.05, 0) is 24.5 Å². The van der Waals surface area contributed by atoms with Gasteiger partial charge in [0.15, 0.2) is 0 Å². The second-order valence-corrected chi connectivity index (χ2v) is 4.97. The Hall–Kier alpha value is -0.900. The zero-order valence-electron chi connectivity index (χ0n) is 11.7. The molecule has 3 heteroatoms. The summed E-state index contributed by atoms with van der Waals surface area (Å²) in [5.41, 5.74) is 1.96. The second-order valence-electron chi connectivity index (χ2n) is 4.97. The predicted molar refractivity (Wildman–Crippen MR) is 74.6 cm³/mol. The molecule has 0 fully saturated rings. The van der Waals surface area contributed by atoms with Crippen LogP contribution in [0.5, 0.6) is 0 Å². The van der Waals surface area contributed by atoms with Crippen molar-refractivity contribution in [1.29, 1.82) is 0 Å². The van der Waals surface area contributed by atoms with Gasteiger partial charge in [-0.25, -0.2) is 0 Å². The van der Waals surface area contributed by atoms with Gasteiger partial charge in [0, 0.05) is 33.2 Å². The summed E-state index contributed by atoms with van der Waals surface area (Å²) in [5, 5.41) is 13.4. The average molecular weight is 251 g/mol. The molecule has 1 aromatic rings. The first kappa shape index (κ1) is 15.2. The van der Waals surface area contributed by atoms with Crippen molar-refractivity contribution in [1.82, 2.24) is 5.32 Å². The second kappa shape index (κ2) is 7.52. The van der Waals surface area contributed by atoms with E-state index in [1.165, 1.54) is 11.1 Å². The summed E-state index contributed by atoms with van der Waals surface area (Å²) in [6.45, 7) is 5.96. The topological polar surface area (TPSA) is 41.5 Å². The van der Waals surface area contributed by atoms with E-state index in [9.17, 15) is 5.11 Å². The van der Waals surface area contributed by atoms with Crippen LogP contribution in [0.15, 0.2) is 24.3 Å². The van der Waals surface area contributed by atoms with Crippen molar-refractivity contribution in [3.05, 3.63) is 35.4 Å². The first-order valence-electron chi connectivity index (χ1n) is 6.58. The fourth-order valence-corrected chi connectivity index (χ4v) is 1.95. The van der Waals surface area contributed by atoms with E-state index < -0.39 is 5.60 Å². The lowest BCUT2D eigenvalue weighted by Gasteiger charge is -2.23. The predicted octanol–water partition coefficient (Wildman–Crippen LogP) is 2.13. The molecule has 1 unspecified atom stereocenters. The number of nitrogens with one attached hydrogen (secondary N) is 1. The quantitative estimate of drug-likeness (QED) is 0.743. The van der Waals surface area contributed by atoms with Crippen molar-refractivity contribution in [2.45, 2.75) is 38.8 Å². The highest BCUT2D eigenvalue weighted by molar-refractivity contribution is 5.26. The fourth-order valence-electron chi connectivity index (χ4n) is 1.95. The third-order valence-corrected chi connectivity index (χ3v) is 3.17. The van der Waals surface area contributed by atoms with Gasteiger partial charge in [-0.2, -0.15) is 0 Å². The number of hydrogen-bond donors (Lipinski definition) is 2. The number of hydrogen-bond acceptors (Lipinski definition) is 3. The highest BCUT2D eigenvalue weighted by Gasteiger charge is 2.19. The van der Waals surface area contributed by atoms with Gasteiger partial charge < -0.3 is 15.2 Å². The molecular weight excluding hydrogens is 226 g/mol. The van der Waals surface area contributed by atoms with E-state index in [0.29, 0.717) is 19.6 Å². The molecule has 0 saturated heterocycles. The van der Waals surface area contributed by atoms with Crippen molar-refractivity contribution >= 4 is 0 Å². The molecule has 0 aliphatic heterocycles. The van der Waals surface area contributed by atoms with Gasteiger partial charge >= 0.3 is 0 Å². The molecule has 0 radical (unpaired) electrons. The summed E-state index contributed by atoms with van der Waals surface area (Å²) < 4.78 is 4.99. The summed E-state index contributed by atoms with van der Waals surface area (Å²) in [4.78, 5) is 0. The molecule has 1 rings (SSSR count). The van der Waals surface area contributed by atoms with Gasteiger partial charge in [0.1, 0.15) is 0 Å². The minimum absolute atomic E-state index is 0.578. The van der Waals surface area contributed by atoms with Gasteiger partial charge in [-0.3, -0.25) is 0 Å². The molecule has 0 aliphatic carbocycles. The number of aliphatic hydroxyl groups is 1. The lowest BCUT2D eigenvalue weighted by Crippen LogP contribution is -2.38. The van der Waals surface area contributed by atoms with Gasteiger partial charge in [0.05, 0.1) is 5.60 Å². The summed E-state index contributed by atoms with van der Waals surface area (Å²) in [6.07, 6.45) is 1.68. The number of methoxy groups -OCH3 is 1. The standard InChI is InChI=1S/C15H25NO2/c1-4-13-7-5-6-8-14(13)11-16-12-15(2,17)9-10-18-3/h5-8,16-17H,4,9-12H2,1-3H3. The molecule has 0 amide bonds. The zero-order chi connectivity index (χ0) is 13.4. The largest absolute Gasteiger partial charge is 0.389 e.